The summed E-state index contributed by atoms with van der Waals surface area (Å²) in [5.74, 6) is 0.418. The number of carbonyl (C=O) groups is 1. The Morgan fingerprint density at radius 3 is 2.88 bits per heavy atom. The summed E-state index contributed by atoms with van der Waals surface area (Å²) in [5.41, 5.74) is 3.03. The third-order valence-corrected chi connectivity index (χ3v) is 5.87. The van der Waals surface area contributed by atoms with Crippen LogP contribution in [-0.4, -0.2) is 26.3 Å². The van der Waals surface area contributed by atoms with Gasteiger partial charge in [-0.25, -0.2) is 4.39 Å². The largest absolute Gasteiger partial charge is 0.325 e. The third-order valence-electron chi connectivity index (χ3n) is 4.05. The van der Waals surface area contributed by atoms with Crippen molar-refractivity contribution in [2.45, 2.75) is 18.9 Å². The highest BCUT2D eigenvalue weighted by molar-refractivity contribution is 8.00. The number of nitrogens with zero attached hydrogens (tertiary/aromatic N) is 3. The second-order valence-corrected chi connectivity index (χ2v) is 7.80. The first-order chi connectivity index (χ1) is 12.5. The van der Waals surface area contributed by atoms with E-state index in [1.165, 1.54) is 17.8 Å². The van der Waals surface area contributed by atoms with Crippen LogP contribution < -0.4 is 5.32 Å². The van der Waals surface area contributed by atoms with Crippen LogP contribution in [0.2, 0.25) is 0 Å². The van der Waals surface area contributed by atoms with Crippen LogP contribution in [0.1, 0.15) is 11.4 Å². The molecule has 0 aliphatic heterocycles. The fourth-order valence-electron chi connectivity index (χ4n) is 2.75. The lowest BCUT2D eigenvalue weighted by Crippen LogP contribution is -2.14. The first kappa shape index (κ1) is 17.0. The van der Waals surface area contributed by atoms with E-state index in [-0.39, 0.29) is 17.5 Å². The molecule has 4 rings (SSSR count). The number of thioether (sulfide) groups is 1. The van der Waals surface area contributed by atoms with E-state index in [0.29, 0.717) is 16.3 Å². The molecule has 0 saturated heterocycles. The SMILES string of the molecule is Cc1ccc(NC(=O)CSc2nnc(C)n3c2cc2sccc23)cc1F. The number of carbonyl (C=O) groups excluding carboxylic acids is 1. The van der Waals surface area contributed by atoms with Gasteiger partial charge in [0.1, 0.15) is 16.7 Å². The number of nitrogens with one attached hydrogen (secondary N) is 1. The van der Waals surface area contributed by atoms with Crippen LogP contribution in [0.4, 0.5) is 10.1 Å². The fourth-order valence-corrected chi connectivity index (χ4v) is 4.29. The molecule has 8 heteroatoms. The van der Waals surface area contributed by atoms with Gasteiger partial charge in [-0.15, -0.1) is 21.5 Å². The summed E-state index contributed by atoms with van der Waals surface area (Å²) in [7, 11) is 0. The zero-order valence-corrected chi connectivity index (χ0v) is 15.7. The van der Waals surface area contributed by atoms with Crippen LogP contribution in [0.5, 0.6) is 0 Å². The van der Waals surface area contributed by atoms with Gasteiger partial charge < -0.3 is 5.32 Å². The lowest BCUT2D eigenvalue weighted by atomic mass is 10.2. The molecule has 26 heavy (non-hydrogen) atoms. The van der Waals surface area contributed by atoms with Crippen LogP contribution in [-0.2, 0) is 4.79 Å². The molecule has 0 fully saturated rings. The molecule has 0 radical (unpaired) electrons. The van der Waals surface area contributed by atoms with Crippen molar-refractivity contribution in [1.82, 2.24) is 14.6 Å². The smallest absolute Gasteiger partial charge is 0.234 e. The van der Waals surface area contributed by atoms with Crippen molar-refractivity contribution in [3.63, 3.8) is 0 Å². The normalized spacial score (nSPS) is 11.3. The Morgan fingerprint density at radius 2 is 2.08 bits per heavy atom. The van der Waals surface area contributed by atoms with Crippen molar-refractivity contribution >= 4 is 50.4 Å². The zero-order chi connectivity index (χ0) is 18.3. The van der Waals surface area contributed by atoms with Crippen LogP contribution in [0.3, 0.4) is 0 Å². The molecule has 1 N–H and O–H groups in total. The van der Waals surface area contributed by atoms with Crippen molar-refractivity contribution in [3.05, 3.63) is 52.9 Å². The van der Waals surface area contributed by atoms with Crippen LogP contribution >= 0.6 is 23.1 Å². The average molecular weight is 386 g/mol. The summed E-state index contributed by atoms with van der Waals surface area (Å²) in [4.78, 5) is 12.2. The first-order valence-electron chi connectivity index (χ1n) is 7.93. The first-order valence-corrected chi connectivity index (χ1v) is 9.80. The number of thiophene rings is 1. The molecule has 0 aliphatic carbocycles. The molecule has 4 aromatic rings. The topological polar surface area (TPSA) is 59.3 Å². The lowest BCUT2D eigenvalue weighted by Gasteiger charge is -2.07. The van der Waals surface area contributed by atoms with E-state index in [1.54, 1.807) is 30.4 Å². The number of aromatic nitrogens is 3. The standard InChI is InChI=1S/C18H15FN4OS2/c1-10-3-4-12(7-13(10)19)20-17(24)9-26-18-15-8-16-14(5-6-25-16)23(15)11(2)21-22-18/h3-8H,9H2,1-2H3,(H,20,24). The van der Waals surface area contributed by atoms with Crippen molar-refractivity contribution in [2.75, 3.05) is 11.1 Å². The number of fused-ring (bicyclic) bond motifs is 3. The molecular formula is C18H15FN4OS2. The van der Waals surface area contributed by atoms with E-state index in [4.69, 9.17) is 0 Å². The van der Waals surface area contributed by atoms with Crippen molar-refractivity contribution in [2.24, 2.45) is 0 Å². The van der Waals surface area contributed by atoms with E-state index in [2.05, 4.69) is 32.0 Å². The van der Waals surface area contributed by atoms with Gasteiger partial charge in [0.25, 0.3) is 0 Å². The Hall–Kier alpha value is -2.45. The minimum Gasteiger partial charge on any atom is -0.325 e. The summed E-state index contributed by atoms with van der Waals surface area (Å²) in [6, 6.07) is 8.77. The van der Waals surface area contributed by atoms with Gasteiger partial charge in [0.05, 0.1) is 21.5 Å². The predicted octanol–water partition coefficient (Wildman–Crippen LogP) is 4.43. The van der Waals surface area contributed by atoms with Gasteiger partial charge in [-0.1, -0.05) is 17.8 Å². The van der Waals surface area contributed by atoms with Gasteiger partial charge in [-0.2, -0.15) is 0 Å². The third kappa shape index (κ3) is 3.06. The van der Waals surface area contributed by atoms with Gasteiger partial charge in [0.15, 0.2) is 0 Å². The van der Waals surface area contributed by atoms with E-state index in [1.807, 2.05) is 12.3 Å². The number of aryl methyl sites for hydroxylation is 2. The Balaban J connectivity index is 1.53. The second kappa shape index (κ2) is 6.69. The summed E-state index contributed by atoms with van der Waals surface area (Å²) >= 11 is 2.97. The summed E-state index contributed by atoms with van der Waals surface area (Å²) in [6.45, 7) is 3.59. The Labute approximate surface area is 157 Å². The Bertz CT molecular complexity index is 1140. The maximum absolute atomic E-state index is 13.6. The Morgan fingerprint density at radius 1 is 1.23 bits per heavy atom. The summed E-state index contributed by atoms with van der Waals surface area (Å²) in [6.07, 6.45) is 0. The van der Waals surface area contributed by atoms with E-state index in [9.17, 15) is 9.18 Å². The van der Waals surface area contributed by atoms with Crippen molar-refractivity contribution < 1.29 is 9.18 Å². The van der Waals surface area contributed by atoms with Crippen LogP contribution in [0.25, 0.3) is 15.7 Å². The van der Waals surface area contributed by atoms with Gasteiger partial charge >= 0.3 is 0 Å². The van der Waals surface area contributed by atoms with E-state index in [0.717, 1.165) is 21.6 Å². The van der Waals surface area contributed by atoms with Gasteiger partial charge in [0.2, 0.25) is 5.91 Å². The summed E-state index contributed by atoms with van der Waals surface area (Å²) < 4.78 is 16.8. The van der Waals surface area contributed by atoms with E-state index < -0.39 is 0 Å². The number of amides is 1. The molecule has 0 atom stereocenters. The number of hydrogen-bond acceptors (Lipinski definition) is 5. The second-order valence-electron chi connectivity index (χ2n) is 5.89. The molecule has 0 bridgehead atoms. The fraction of sp³-hybridized carbons (Fsp3) is 0.167. The highest BCUT2D eigenvalue weighted by atomic mass is 32.2. The minimum absolute atomic E-state index is 0.168. The number of anilines is 1. The van der Waals surface area contributed by atoms with Crippen LogP contribution in [0, 0.1) is 19.7 Å². The molecule has 0 aliphatic rings. The van der Waals surface area contributed by atoms with E-state index >= 15 is 0 Å². The monoisotopic (exact) mass is 386 g/mol. The summed E-state index contributed by atoms with van der Waals surface area (Å²) in [5, 5.41) is 13.9. The maximum Gasteiger partial charge on any atom is 0.234 e. The van der Waals surface area contributed by atoms with Crippen LogP contribution in [0.15, 0.2) is 40.7 Å². The molecule has 0 unspecified atom stereocenters. The Kier molecular flexibility index (Phi) is 4.37. The number of hydrogen-bond donors (Lipinski definition) is 1. The van der Waals surface area contributed by atoms with Gasteiger partial charge in [-0.3, -0.25) is 9.20 Å². The lowest BCUT2D eigenvalue weighted by molar-refractivity contribution is -0.113. The van der Waals surface area contributed by atoms with Crippen molar-refractivity contribution in [1.29, 1.82) is 0 Å². The molecule has 0 saturated carbocycles. The average Bonchev–Trinajstić information content (AvgIpc) is 3.19. The molecule has 132 valence electrons. The maximum atomic E-state index is 13.6. The molecule has 3 aromatic heterocycles. The molecule has 1 amide bonds. The molecular weight excluding hydrogens is 371 g/mol. The van der Waals surface area contributed by atoms with Gasteiger partial charge in [-0.05, 0) is 49.1 Å². The molecule has 0 spiro atoms. The molecule has 5 nitrogen and oxygen atoms in total. The minimum atomic E-state index is -0.338. The van der Waals surface area contributed by atoms with Crippen molar-refractivity contribution in [3.8, 4) is 0 Å². The number of halogens is 1. The number of rotatable bonds is 4. The van der Waals surface area contributed by atoms with Gasteiger partial charge in [0, 0.05) is 5.69 Å². The molecule has 1 aromatic carbocycles. The predicted molar refractivity (Wildman–Crippen MR) is 104 cm³/mol. The number of benzene rings is 1. The zero-order valence-electron chi connectivity index (χ0n) is 14.1. The quantitative estimate of drug-likeness (QED) is 0.527. The highest BCUT2D eigenvalue weighted by Gasteiger charge is 2.14. The molecule has 3 heterocycles. The highest BCUT2D eigenvalue weighted by Crippen LogP contribution is 2.30.